The predicted octanol–water partition coefficient (Wildman–Crippen LogP) is 7.56. The molecule has 0 aromatic heterocycles. The molecule has 1 aromatic carbocycles. The molecule has 0 bridgehead atoms. The molecule has 35 heavy (non-hydrogen) atoms. The van der Waals surface area contributed by atoms with Gasteiger partial charge in [-0.25, -0.2) is 4.79 Å². The van der Waals surface area contributed by atoms with Crippen LogP contribution in [0.5, 0.6) is 11.5 Å². The number of carbonyl (C=O) groups excluding carboxylic acids is 2. The van der Waals surface area contributed by atoms with Gasteiger partial charge in [-0.3, -0.25) is 4.79 Å². The van der Waals surface area contributed by atoms with E-state index in [4.69, 9.17) is 9.47 Å². The molecule has 3 unspecified atom stereocenters. The molecule has 5 nitrogen and oxygen atoms in total. The van der Waals surface area contributed by atoms with Crippen LogP contribution in [0.15, 0.2) is 29.9 Å². The van der Waals surface area contributed by atoms with Gasteiger partial charge in [-0.2, -0.15) is 0 Å². The molecule has 0 radical (unpaired) electrons. The van der Waals surface area contributed by atoms with Crippen LogP contribution >= 0.6 is 0 Å². The first-order valence-electron chi connectivity index (χ1n) is 13.3. The van der Waals surface area contributed by atoms with Crippen molar-refractivity contribution < 1.29 is 24.2 Å². The molecule has 1 N–H and O–H groups in total. The normalized spacial score (nSPS) is 23.7. The quantitative estimate of drug-likeness (QED) is 0.200. The summed E-state index contributed by atoms with van der Waals surface area (Å²) >= 11 is 0. The number of unbranched alkanes of at least 4 members (excludes halogenated alkanes) is 3. The zero-order chi connectivity index (χ0) is 25.8. The van der Waals surface area contributed by atoms with Gasteiger partial charge in [0.2, 0.25) is 0 Å². The number of allylic oxidation sites excluding steroid dienone is 3. The highest BCUT2D eigenvalue weighted by Gasteiger charge is 2.46. The molecule has 1 aliphatic heterocycles. The third-order valence-corrected chi connectivity index (χ3v) is 7.34. The number of aryl methyl sites for hydroxylation is 1. The Hall–Kier alpha value is -2.56. The number of cyclic esters (lactones) is 1. The standard InChI is InChI=1S/C30H42O5/c1-7-9-11-12-22-17-25(32)27(24-16-20(5)13-14-23(24)19(3)4)28-26(22)29(33)35-30(34-28,15-10-8-2)18-21(6)31/h16-17,23-24,32H,3,7-15,18H2,1-2,4-6H3. The Bertz CT molecular complexity index is 1000. The number of carbonyl (C=O) groups is 2. The minimum absolute atomic E-state index is 0.0120. The molecule has 5 heteroatoms. The molecule has 3 atom stereocenters. The molecule has 192 valence electrons. The first-order valence-corrected chi connectivity index (χ1v) is 13.3. The number of fused-ring (bicyclic) bond motifs is 1. The van der Waals surface area contributed by atoms with Gasteiger partial charge in [0.1, 0.15) is 22.8 Å². The summed E-state index contributed by atoms with van der Waals surface area (Å²) in [6.45, 7) is 14.0. The van der Waals surface area contributed by atoms with Crippen LogP contribution in [0.2, 0.25) is 0 Å². The van der Waals surface area contributed by atoms with Crippen molar-refractivity contribution in [2.24, 2.45) is 5.92 Å². The summed E-state index contributed by atoms with van der Waals surface area (Å²) in [7, 11) is 0. The fourth-order valence-corrected chi connectivity index (χ4v) is 5.55. The largest absolute Gasteiger partial charge is 0.507 e. The van der Waals surface area contributed by atoms with Gasteiger partial charge in [-0.15, -0.1) is 0 Å². The maximum Gasteiger partial charge on any atom is 0.345 e. The second-order valence-corrected chi connectivity index (χ2v) is 10.5. The summed E-state index contributed by atoms with van der Waals surface area (Å²) in [5, 5.41) is 11.4. The van der Waals surface area contributed by atoms with Crippen LogP contribution in [-0.4, -0.2) is 22.6 Å². The van der Waals surface area contributed by atoms with Gasteiger partial charge >= 0.3 is 5.97 Å². The number of phenolic OH excluding ortho intramolecular Hbond substituents is 1. The number of ether oxygens (including phenoxy) is 2. The summed E-state index contributed by atoms with van der Waals surface area (Å²) in [6.07, 6.45) is 9.76. The lowest BCUT2D eigenvalue weighted by molar-refractivity contribution is -0.169. The average Bonchev–Trinajstić information content (AvgIpc) is 2.76. The number of hydrogen-bond donors (Lipinski definition) is 1. The van der Waals surface area contributed by atoms with Crippen LogP contribution in [0, 0.1) is 5.92 Å². The molecule has 3 rings (SSSR count). The number of esters is 1. The third kappa shape index (κ3) is 5.99. The van der Waals surface area contributed by atoms with E-state index < -0.39 is 11.8 Å². The molecule has 0 saturated heterocycles. The Morgan fingerprint density at radius 2 is 1.89 bits per heavy atom. The van der Waals surface area contributed by atoms with Crippen molar-refractivity contribution in [2.75, 3.05) is 0 Å². The maximum absolute atomic E-state index is 13.6. The molecule has 2 aliphatic rings. The fraction of sp³-hybridized carbons (Fsp3) is 0.600. The SMILES string of the molecule is C=C(C)C1CCC(C)=CC1c1c(O)cc(CCCCC)c2c1OC(CCCC)(CC(C)=O)OC2=O. The Labute approximate surface area is 210 Å². The van der Waals surface area contributed by atoms with Crippen LogP contribution in [0.25, 0.3) is 0 Å². The van der Waals surface area contributed by atoms with E-state index in [0.29, 0.717) is 29.7 Å². The highest BCUT2D eigenvalue weighted by molar-refractivity contribution is 5.97. The Morgan fingerprint density at radius 3 is 2.51 bits per heavy atom. The van der Waals surface area contributed by atoms with Gasteiger partial charge in [0, 0.05) is 17.9 Å². The summed E-state index contributed by atoms with van der Waals surface area (Å²) in [5.74, 6) is -1.41. The lowest BCUT2D eigenvalue weighted by Crippen LogP contribution is -2.47. The summed E-state index contributed by atoms with van der Waals surface area (Å²) in [4.78, 5) is 25.8. The monoisotopic (exact) mass is 482 g/mol. The van der Waals surface area contributed by atoms with Gasteiger partial charge in [-0.1, -0.05) is 56.9 Å². The van der Waals surface area contributed by atoms with Gasteiger partial charge in [0.25, 0.3) is 5.79 Å². The molecule has 0 spiro atoms. The van der Waals surface area contributed by atoms with E-state index in [9.17, 15) is 14.7 Å². The molecule has 1 heterocycles. The Balaban J connectivity index is 2.23. The van der Waals surface area contributed by atoms with E-state index in [2.05, 4.69) is 33.4 Å². The van der Waals surface area contributed by atoms with Gasteiger partial charge in [-0.05, 0) is 70.4 Å². The van der Waals surface area contributed by atoms with Crippen molar-refractivity contribution >= 4 is 11.8 Å². The van der Waals surface area contributed by atoms with Crippen LogP contribution in [0.4, 0.5) is 0 Å². The Kier molecular flexibility index (Phi) is 8.84. The fourth-order valence-electron chi connectivity index (χ4n) is 5.55. The van der Waals surface area contributed by atoms with E-state index in [1.807, 2.05) is 6.92 Å². The van der Waals surface area contributed by atoms with Crippen LogP contribution < -0.4 is 4.74 Å². The van der Waals surface area contributed by atoms with E-state index in [0.717, 1.165) is 56.1 Å². The number of phenols is 1. The van der Waals surface area contributed by atoms with Crippen molar-refractivity contribution in [1.82, 2.24) is 0 Å². The molecule has 0 amide bonds. The lowest BCUT2D eigenvalue weighted by atomic mass is 9.73. The third-order valence-electron chi connectivity index (χ3n) is 7.34. The van der Waals surface area contributed by atoms with Crippen molar-refractivity contribution in [2.45, 2.75) is 111 Å². The zero-order valence-corrected chi connectivity index (χ0v) is 22.2. The minimum atomic E-state index is -1.35. The second-order valence-electron chi connectivity index (χ2n) is 10.5. The van der Waals surface area contributed by atoms with Crippen molar-refractivity contribution in [3.63, 3.8) is 0 Å². The van der Waals surface area contributed by atoms with Crippen molar-refractivity contribution in [1.29, 1.82) is 0 Å². The van der Waals surface area contributed by atoms with Crippen LogP contribution in [-0.2, 0) is 16.0 Å². The number of rotatable bonds is 11. The van der Waals surface area contributed by atoms with Crippen molar-refractivity contribution in [3.8, 4) is 11.5 Å². The molecule has 1 aliphatic carbocycles. The van der Waals surface area contributed by atoms with Gasteiger partial charge in [0.15, 0.2) is 0 Å². The van der Waals surface area contributed by atoms with E-state index >= 15 is 0 Å². The van der Waals surface area contributed by atoms with E-state index in [1.165, 1.54) is 12.5 Å². The minimum Gasteiger partial charge on any atom is -0.507 e. The number of ketones is 1. The zero-order valence-electron chi connectivity index (χ0n) is 22.2. The van der Waals surface area contributed by atoms with Crippen LogP contribution in [0.1, 0.15) is 120 Å². The average molecular weight is 483 g/mol. The molecular weight excluding hydrogens is 440 g/mol. The summed E-state index contributed by atoms with van der Waals surface area (Å²) < 4.78 is 12.5. The first-order chi connectivity index (χ1) is 16.6. The van der Waals surface area contributed by atoms with Gasteiger partial charge in [0.05, 0.1) is 6.42 Å². The lowest BCUT2D eigenvalue weighted by Gasteiger charge is -2.40. The predicted molar refractivity (Wildman–Crippen MR) is 139 cm³/mol. The molecular formula is C30H42O5. The highest BCUT2D eigenvalue weighted by Crippen LogP contribution is 2.51. The highest BCUT2D eigenvalue weighted by atomic mass is 16.7. The summed E-state index contributed by atoms with van der Waals surface area (Å²) in [6, 6.07) is 1.73. The number of Topliss-reactive ketones (excluding diaryl/α,β-unsaturated/α-hetero) is 1. The first kappa shape index (κ1) is 27.0. The Morgan fingerprint density at radius 1 is 1.17 bits per heavy atom. The molecule has 0 saturated carbocycles. The summed E-state index contributed by atoms with van der Waals surface area (Å²) in [5.41, 5.74) is 4.05. The topological polar surface area (TPSA) is 72.8 Å². The van der Waals surface area contributed by atoms with Crippen LogP contribution in [0.3, 0.4) is 0 Å². The maximum atomic E-state index is 13.6. The molecule has 1 aromatic rings. The second kappa shape index (κ2) is 11.5. The number of benzene rings is 1. The van der Waals surface area contributed by atoms with Crippen molar-refractivity contribution in [3.05, 3.63) is 46.6 Å². The van der Waals surface area contributed by atoms with E-state index in [-0.39, 0.29) is 29.8 Å². The van der Waals surface area contributed by atoms with E-state index in [1.54, 1.807) is 6.07 Å². The molecule has 0 fully saturated rings. The number of aromatic hydroxyl groups is 1. The van der Waals surface area contributed by atoms with Gasteiger partial charge < -0.3 is 14.6 Å². The number of hydrogen-bond acceptors (Lipinski definition) is 5. The smallest absolute Gasteiger partial charge is 0.345 e.